The molecule has 1 aromatic rings. The van der Waals surface area contributed by atoms with Crippen molar-refractivity contribution in [2.45, 2.75) is 51.1 Å². The number of carbonyl (C=O) groups excluding carboxylic acids is 3. The molecule has 2 fully saturated rings. The lowest BCUT2D eigenvalue weighted by atomic mass is 9.76. The topological polar surface area (TPSA) is 78.5 Å². The predicted octanol–water partition coefficient (Wildman–Crippen LogP) is 0.916. The van der Waals surface area contributed by atoms with Crippen molar-refractivity contribution >= 4 is 17.7 Å². The number of carbonyl (C=O) groups is 3. The van der Waals surface area contributed by atoms with Crippen LogP contribution in [-0.2, 0) is 29.0 Å². The normalized spacial score (nSPS) is 26.8. The molecule has 4 aliphatic rings. The molecule has 2 saturated heterocycles. The fraction of sp³-hybridized carbons (Fsp3) is 0.550. The van der Waals surface area contributed by atoms with Crippen LogP contribution in [0.3, 0.4) is 0 Å². The van der Waals surface area contributed by atoms with Crippen LogP contribution >= 0.6 is 0 Å². The zero-order valence-corrected chi connectivity index (χ0v) is 14.8. The van der Waals surface area contributed by atoms with Crippen LogP contribution in [0.2, 0.25) is 0 Å². The summed E-state index contributed by atoms with van der Waals surface area (Å²) in [7, 11) is 0. The molecular weight excluding hydrogens is 330 g/mol. The Morgan fingerprint density at radius 3 is 2.46 bits per heavy atom. The summed E-state index contributed by atoms with van der Waals surface area (Å²) < 4.78 is 0. The molecular formula is C20H23N3O3. The Morgan fingerprint density at radius 1 is 1.00 bits per heavy atom. The number of amides is 3. The summed E-state index contributed by atoms with van der Waals surface area (Å²) in [5.41, 5.74) is 4.84. The highest BCUT2D eigenvalue weighted by Gasteiger charge is 2.42. The molecule has 1 aliphatic carbocycles. The lowest BCUT2D eigenvalue weighted by molar-refractivity contribution is -0.136. The van der Waals surface area contributed by atoms with E-state index in [1.165, 1.54) is 24.0 Å². The number of nitrogens with one attached hydrogen (secondary N) is 2. The van der Waals surface area contributed by atoms with Crippen molar-refractivity contribution in [1.29, 1.82) is 0 Å². The van der Waals surface area contributed by atoms with Crippen molar-refractivity contribution in [3.63, 3.8) is 0 Å². The van der Waals surface area contributed by atoms with Gasteiger partial charge in [0, 0.05) is 18.5 Å². The van der Waals surface area contributed by atoms with Gasteiger partial charge in [-0.3, -0.25) is 19.7 Å². The van der Waals surface area contributed by atoms with Crippen molar-refractivity contribution in [3.8, 4) is 0 Å². The highest BCUT2D eigenvalue weighted by atomic mass is 16.2. The average molecular weight is 353 g/mol. The van der Waals surface area contributed by atoms with Crippen molar-refractivity contribution in [3.05, 3.63) is 34.4 Å². The van der Waals surface area contributed by atoms with Crippen molar-refractivity contribution in [2.75, 3.05) is 13.1 Å². The third-order valence-electron chi connectivity index (χ3n) is 6.64. The third-order valence-corrected chi connectivity index (χ3v) is 6.64. The zero-order chi connectivity index (χ0) is 17.9. The summed E-state index contributed by atoms with van der Waals surface area (Å²) in [5, 5.41) is 5.80. The van der Waals surface area contributed by atoms with Crippen LogP contribution in [0.5, 0.6) is 0 Å². The quantitative estimate of drug-likeness (QED) is 0.736. The molecule has 0 radical (unpaired) electrons. The highest BCUT2D eigenvalue weighted by Crippen LogP contribution is 2.45. The molecule has 5 rings (SSSR count). The van der Waals surface area contributed by atoms with Gasteiger partial charge in [-0.25, -0.2) is 0 Å². The van der Waals surface area contributed by atoms with E-state index in [1.807, 2.05) is 0 Å². The second-order valence-electron chi connectivity index (χ2n) is 8.28. The van der Waals surface area contributed by atoms with Crippen LogP contribution in [0, 0.1) is 5.41 Å². The fourth-order valence-electron chi connectivity index (χ4n) is 5.22. The molecule has 26 heavy (non-hydrogen) atoms. The van der Waals surface area contributed by atoms with Crippen LogP contribution in [0.4, 0.5) is 0 Å². The van der Waals surface area contributed by atoms with Gasteiger partial charge in [0.15, 0.2) is 0 Å². The molecule has 0 aromatic heterocycles. The summed E-state index contributed by atoms with van der Waals surface area (Å²) >= 11 is 0. The van der Waals surface area contributed by atoms with Crippen LogP contribution < -0.4 is 10.6 Å². The first-order valence-corrected chi connectivity index (χ1v) is 9.55. The summed E-state index contributed by atoms with van der Waals surface area (Å²) in [6.07, 6.45) is 5.27. The Hall–Kier alpha value is -2.21. The van der Waals surface area contributed by atoms with Gasteiger partial charge >= 0.3 is 0 Å². The van der Waals surface area contributed by atoms with Gasteiger partial charge in [-0.1, -0.05) is 6.07 Å². The van der Waals surface area contributed by atoms with E-state index in [0.717, 1.165) is 37.1 Å². The van der Waals surface area contributed by atoms with Gasteiger partial charge in [0.2, 0.25) is 11.8 Å². The number of fused-ring (bicyclic) bond motifs is 2. The molecule has 1 spiro atoms. The minimum atomic E-state index is -0.529. The predicted molar refractivity (Wildman–Crippen MR) is 94.4 cm³/mol. The molecule has 6 heteroatoms. The van der Waals surface area contributed by atoms with E-state index in [2.05, 4.69) is 22.8 Å². The number of piperidine rings is 2. The molecule has 1 aromatic carbocycles. The molecule has 3 aliphatic heterocycles. The van der Waals surface area contributed by atoms with Gasteiger partial charge < -0.3 is 10.2 Å². The molecule has 0 bridgehead atoms. The van der Waals surface area contributed by atoms with Crippen LogP contribution in [0.15, 0.2) is 12.1 Å². The Labute approximate surface area is 152 Å². The maximum absolute atomic E-state index is 12.9. The smallest absolute Gasteiger partial charge is 0.255 e. The van der Waals surface area contributed by atoms with Crippen LogP contribution in [-0.4, -0.2) is 41.8 Å². The van der Waals surface area contributed by atoms with Gasteiger partial charge in [0.1, 0.15) is 6.04 Å². The van der Waals surface area contributed by atoms with E-state index in [0.29, 0.717) is 24.8 Å². The van der Waals surface area contributed by atoms with Gasteiger partial charge in [-0.15, -0.1) is 0 Å². The molecule has 3 amide bonds. The highest BCUT2D eigenvalue weighted by molar-refractivity contribution is 6.05. The summed E-state index contributed by atoms with van der Waals surface area (Å²) in [4.78, 5) is 38.1. The Bertz CT molecular complexity index is 826. The van der Waals surface area contributed by atoms with Crippen molar-refractivity contribution < 1.29 is 14.4 Å². The molecule has 0 saturated carbocycles. The van der Waals surface area contributed by atoms with E-state index in [1.54, 1.807) is 4.90 Å². The third kappa shape index (κ3) is 2.39. The first-order chi connectivity index (χ1) is 12.5. The van der Waals surface area contributed by atoms with Crippen LogP contribution in [0.25, 0.3) is 0 Å². The largest absolute Gasteiger partial charge is 0.322 e. The van der Waals surface area contributed by atoms with Gasteiger partial charge in [0.25, 0.3) is 5.91 Å². The minimum Gasteiger partial charge on any atom is -0.322 e. The lowest BCUT2D eigenvalue weighted by Crippen LogP contribution is -2.52. The fourth-order valence-corrected chi connectivity index (χ4v) is 5.22. The van der Waals surface area contributed by atoms with Crippen molar-refractivity contribution in [1.82, 2.24) is 15.5 Å². The second-order valence-corrected chi connectivity index (χ2v) is 8.28. The molecule has 3 heterocycles. The minimum absolute atomic E-state index is 0.0661. The maximum atomic E-state index is 12.9. The van der Waals surface area contributed by atoms with E-state index >= 15 is 0 Å². The van der Waals surface area contributed by atoms with Crippen molar-refractivity contribution in [2.24, 2.45) is 5.41 Å². The summed E-state index contributed by atoms with van der Waals surface area (Å²) in [6.45, 7) is 2.63. The Kier molecular flexibility index (Phi) is 3.47. The second kappa shape index (κ2) is 5.64. The van der Waals surface area contributed by atoms with E-state index in [9.17, 15) is 14.4 Å². The van der Waals surface area contributed by atoms with E-state index in [-0.39, 0.29) is 17.7 Å². The van der Waals surface area contributed by atoms with E-state index < -0.39 is 6.04 Å². The van der Waals surface area contributed by atoms with Gasteiger partial charge in [-0.05, 0) is 73.4 Å². The average Bonchev–Trinajstić information content (AvgIpc) is 3.10. The van der Waals surface area contributed by atoms with Crippen LogP contribution in [0.1, 0.15) is 52.7 Å². The van der Waals surface area contributed by atoms with E-state index in [4.69, 9.17) is 0 Å². The van der Waals surface area contributed by atoms with Gasteiger partial charge in [0.05, 0.1) is 0 Å². The standard InChI is InChI=1S/C20H23N3O3/c24-17-2-1-16(18(25)22-17)23-11-14-7-12-9-20(3-5-21-6-4-20)10-13(12)8-15(14)19(23)26/h7-8,16,21H,1-6,9-11H2,(H,22,24,25). The van der Waals surface area contributed by atoms with Gasteiger partial charge in [-0.2, -0.15) is 0 Å². The summed E-state index contributed by atoms with van der Waals surface area (Å²) in [6, 6.07) is 3.75. The molecule has 6 nitrogen and oxygen atoms in total. The maximum Gasteiger partial charge on any atom is 0.255 e. The number of hydrogen-bond acceptors (Lipinski definition) is 4. The number of imide groups is 1. The number of rotatable bonds is 1. The number of nitrogens with zero attached hydrogens (tertiary/aromatic N) is 1. The molecule has 1 unspecified atom stereocenters. The number of benzene rings is 1. The lowest BCUT2D eigenvalue weighted by Gasteiger charge is -2.33. The zero-order valence-electron chi connectivity index (χ0n) is 14.8. The molecule has 136 valence electrons. The SMILES string of the molecule is O=C1CCC(N2Cc3cc4c(cc3C2=O)CC2(CCNCC2)C4)C(=O)N1. The first kappa shape index (κ1) is 16.0. The Morgan fingerprint density at radius 2 is 1.73 bits per heavy atom. The Balaban J connectivity index is 1.40. The monoisotopic (exact) mass is 353 g/mol. The summed E-state index contributed by atoms with van der Waals surface area (Å²) in [5.74, 6) is -0.658. The molecule has 2 N–H and O–H groups in total. The molecule has 1 atom stereocenters. The first-order valence-electron chi connectivity index (χ1n) is 9.55. The number of hydrogen-bond donors (Lipinski definition) is 2.